The number of nitrogens with zero attached hydrogens (tertiary/aromatic N) is 2. The van der Waals surface area contributed by atoms with E-state index in [0.29, 0.717) is 31.3 Å². The first-order chi connectivity index (χ1) is 13.4. The van der Waals surface area contributed by atoms with Gasteiger partial charge in [0, 0.05) is 32.1 Å². The van der Waals surface area contributed by atoms with Gasteiger partial charge in [0.25, 0.3) is 5.91 Å². The van der Waals surface area contributed by atoms with Crippen molar-refractivity contribution < 1.29 is 14.3 Å². The third-order valence-electron chi connectivity index (χ3n) is 5.66. The van der Waals surface area contributed by atoms with Crippen molar-refractivity contribution in [2.24, 2.45) is 5.92 Å². The summed E-state index contributed by atoms with van der Waals surface area (Å²) in [7, 11) is 0. The lowest BCUT2D eigenvalue weighted by Crippen LogP contribution is -2.43. The Kier molecular flexibility index (Phi) is 8.34. The van der Waals surface area contributed by atoms with Crippen molar-refractivity contribution in [2.45, 2.75) is 65.9 Å². The zero-order valence-electron chi connectivity index (χ0n) is 18.1. The average Bonchev–Trinajstić information content (AvgIpc) is 2.94. The second-order valence-electron chi connectivity index (χ2n) is 8.00. The molecular formula is C23H36N2O3. The topological polar surface area (TPSA) is 49.9 Å². The molecule has 1 fully saturated rings. The van der Waals surface area contributed by atoms with Crippen LogP contribution in [-0.4, -0.2) is 53.9 Å². The molecular weight excluding hydrogens is 352 g/mol. The molecule has 0 aromatic heterocycles. The molecule has 1 atom stereocenters. The summed E-state index contributed by atoms with van der Waals surface area (Å²) in [6, 6.07) is 7.95. The number of carbonyl (C=O) groups is 2. The Balaban J connectivity index is 1.92. The van der Waals surface area contributed by atoms with Crippen LogP contribution in [0.4, 0.5) is 0 Å². The molecule has 1 saturated heterocycles. The summed E-state index contributed by atoms with van der Waals surface area (Å²) in [6.45, 7) is 12.8. The van der Waals surface area contributed by atoms with Gasteiger partial charge in [0.05, 0.1) is 0 Å². The number of hydrogen-bond donors (Lipinski definition) is 0. The van der Waals surface area contributed by atoms with E-state index < -0.39 is 6.10 Å². The largest absolute Gasteiger partial charge is 0.481 e. The van der Waals surface area contributed by atoms with Gasteiger partial charge < -0.3 is 14.5 Å². The van der Waals surface area contributed by atoms with E-state index in [1.165, 1.54) is 5.56 Å². The highest BCUT2D eigenvalue weighted by Crippen LogP contribution is 2.20. The van der Waals surface area contributed by atoms with Gasteiger partial charge in [-0.3, -0.25) is 9.59 Å². The van der Waals surface area contributed by atoms with Gasteiger partial charge in [-0.2, -0.15) is 0 Å². The summed E-state index contributed by atoms with van der Waals surface area (Å²) < 4.78 is 5.88. The summed E-state index contributed by atoms with van der Waals surface area (Å²) in [6.07, 6.45) is 2.02. The number of rotatable bonds is 7. The minimum atomic E-state index is -0.536. The van der Waals surface area contributed by atoms with Crippen LogP contribution in [0.1, 0.15) is 65.4 Å². The van der Waals surface area contributed by atoms with E-state index in [4.69, 9.17) is 4.74 Å². The molecule has 5 heteroatoms. The number of amides is 2. The molecule has 1 aliphatic rings. The first kappa shape index (κ1) is 22.3. The molecule has 1 aromatic carbocycles. The van der Waals surface area contributed by atoms with E-state index >= 15 is 0 Å². The molecule has 1 aliphatic heterocycles. The fraction of sp³-hybridized carbons (Fsp3) is 0.652. The van der Waals surface area contributed by atoms with Gasteiger partial charge in [-0.1, -0.05) is 39.8 Å². The van der Waals surface area contributed by atoms with Gasteiger partial charge in [-0.25, -0.2) is 0 Å². The Labute approximate surface area is 170 Å². The molecule has 156 valence electrons. The van der Waals surface area contributed by atoms with E-state index in [-0.39, 0.29) is 17.7 Å². The van der Waals surface area contributed by atoms with Gasteiger partial charge in [0.15, 0.2) is 6.10 Å². The highest BCUT2D eigenvalue weighted by atomic mass is 16.5. The number of carbonyl (C=O) groups excluding carboxylic acids is 2. The van der Waals surface area contributed by atoms with Gasteiger partial charge >= 0.3 is 0 Å². The van der Waals surface area contributed by atoms with Crippen LogP contribution in [0.2, 0.25) is 0 Å². The zero-order valence-corrected chi connectivity index (χ0v) is 18.1. The fourth-order valence-corrected chi connectivity index (χ4v) is 3.70. The van der Waals surface area contributed by atoms with Crippen LogP contribution in [0.5, 0.6) is 5.75 Å². The Morgan fingerprint density at radius 2 is 1.43 bits per heavy atom. The Morgan fingerprint density at radius 3 is 1.93 bits per heavy atom. The van der Waals surface area contributed by atoms with Crippen LogP contribution in [-0.2, 0) is 9.59 Å². The number of hydrogen-bond acceptors (Lipinski definition) is 3. The van der Waals surface area contributed by atoms with Crippen molar-refractivity contribution in [3.63, 3.8) is 0 Å². The van der Waals surface area contributed by atoms with Gasteiger partial charge in [-0.15, -0.1) is 0 Å². The molecule has 5 nitrogen and oxygen atoms in total. The molecule has 0 aliphatic carbocycles. The van der Waals surface area contributed by atoms with E-state index in [0.717, 1.165) is 25.8 Å². The van der Waals surface area contributed by atoms with Crippen molar-refractivity contribution >= 4 is 11.8 Å². The highest BCUT2D eigenvalue weighted by molar-refractivity contribution is 5.81. The highest BCUT2D eigenvalue weighted by Gasteiger charge is 2.28. The molecule has 1 unspecified atom stereocenters. The predicted octanol–water partition coefficient (Wildman–Crippen LogP) is 4.07. The van der Waals surface area contributed by atoms with Gasteiger partial charge in [0.1, 0.15) is 5.75 Å². The summed E-state index contributed by atoms with van der Waals surface area (Å²) in [5.41, 5.74) is 1.25. The standard InChI is InChI=1S/C23H36N2O3/c1-6-19(7-2)23(27)25-14-8-13-24(15-16-25)22(26)18(5)28-21-11-9-20(10-12-21)17(3)4/h9-12,17-19H,6-8,13-16H2,1-5H3. The summed E-state index contributed by atoms with van der Waals surface area (Å²) in [5.74, 6) is 1.50. The molecule has 2 rings (SSSR count). The van der Waals surface area contributed by atoms with Crippen LogP contribution in [0.15, 0.2) is 24.3 Å². The van der Waals surface area contributed by atoms with E-state index in [2.05, 4.69) is 27.7 Å². The number of ether oxygens (including phenoxy) is 1. The minimum Gasteiger partial charge on any atom is -0.481 e. The smallest absolute Gasteiger partial charge is 0.263 e. The Bertz CT molecular complexity index is 638. The van der Waals surface area contributed by atoms with Crippen molar-refractivity contribution in [3.8, 4) is 5.75 Å². The molecule has 28 heavy (non-hydrogen) atoms. The maximum absolute atomic E-state index is 12.9. The predicted molar refractivity (Wildman–Crippen MR) is 112 cm³/mol. The molecule has 0 radical (unpaired) electrons. The van der Waals surface area contributed by atoms with Crippen molar-refractivity contribution in [3.05, 3.63) is 29.8 Å². The van der Waals surface area contributed by atoms with Crippen LogP contribution in [0.25, 0.3) is 0 Å². The summed E-state index contributed by atoms with van der Waals surface area (Å²) in [5, 5.41) is 0. The summed E-state index contributed by atoms with van der Waals surface area (Å²) in [4.78, 5) is 29.3. The average molecular weight is 389 g/mol. The molecule has 0 N–H and O–H groups in total. The maximum atomic E-state index is 12.9. The molecule has 1 heterocycles. The molecule has 1 aromatic rings. The summed E-state index contributed by atoms with van der Waals surface area (Å²) >= 11 is 0. The Hall–Kier alpha value is -2.04. The SMILES string of the molecule is CCC(CC)C(=O)N1CCCN(C(=O)C(C)Oc2ccc(C(C)C)cc2)CC1. The van der Waals surface area contributed by atoms with Crippen LogP contribution in [0.3, 0.4) is 0 Å². The van der Waals surface area contributed by atoms with Gasteiger partial charge in [0.2, 0.25) is 5.91 Å². The van der Waals surface area contributed by atoms with Crippen LogP contribution >= 0.6 is 0 Å². The molecule has 2 amide bonds. The first-order valence-corrected chi connectivity index (χ1v) is 10.7. The zero-order chi connectivity index (χ0) is 20.7. The van der Waals surface area contributed by atoms with E-state index in [1.54, 1.807) is 6.92 Å². The monoisotopic (exact) mass is 388 g/mol. The second kappa shape index (κ2) is 10.5. The van der Waals surface area contributed by atoms with Crippen molar-refractivity contribution in [1.29, 1.82) is 0 Å². The lowest BCUT2D eigenvalue weighted by atomic mass is 10.0. The Morgan fingerprint density at radius 1 is 0.893 bits per heavy atom. The van der Waals surface area contributed by atoms with Gasteiger partial charge in [-0.05, 0) is 49.8 Å². The van der Waals surface area contributed by atoms with E-state index in [1.807, 2.05) is 34.1 Å². The van der Waals surface area contributed by atoms with E-state index in [9.17, 15) is 9.59 Å². The molecule has 0 saturated carbocycles. The minimum absolute atomic E-state index is 0.00947. The van der Waals surface area contributed by atoms with Crippen molar-refractivity contribution in [1.82, 2.24) is 9.80 Å². The third kappa shape index (κ3) is 5.73. The molecule has 0 spiro atoms. The first-order valence-electron chi connectivity index (χ1n) is 10.7. The maximum Gasteiger partial charge on any atom is 0.263 e. The third-order valence-corrected chi connectivity index (χ3v) is 5.66. The van der Waals surface area contributed by atoms with Crippen molar-refractivity contribution in [2.75, 3.05) is 26.2 Å². The lowest BCUT2D eigenvalue weighted by molar-refractivity contribution is -0.139. The fourth-order valence-electron chi connectivity index (χ4n) is 3.70. The normalized spacial score (nSPS) is 16.2. The van der Waals surface area contributed by atoms with Crippen LogP contribution in [0, 0.1) is 5.92 Å². The molecule has 0 bridgehead atoms. The second-order valence-corrected chi connectivity index (χ2v) is 8.00. The van der Waals surface area contributed by atoms with Crippen LogP contribution < -0.4 is 4.74 Å². The lowest BCUT2D eigenvalue weighted by Gasteiger charge is -2.26. The number of benzene rings is 1. The quantitative estimate of drug-likeness (QED) is 0.707.